The van der Waals surface area contributed by atoms with Gasteiger partial charge < -0.3 is 10.2 Å². The fourth-order valence-corrected chi connectivity index (χ4v) is 1.35. The first-order valence-corrected chi connectivity index (χ1v) is 4.89. The van der Waals surface area contributed by atoms with Crippen LogP contribution in [0.1, 0.15) is 12.6 Å². The van der Waals surface area contributed by atoms with Crippen LogP contribution in [0.5, 0.6) is 5.75 Å². The highest BCUT2D eigenvalue weighted by Crippen LogP contribution is 2.21. The number of phenols is 1. The van der Waals surface area contributed by atoms with Crippen LogP contribution in [0, 0.1) is 6.92 Å². The van der Waals surface area contributed by atoms with E-state index in [-0.39, 0.29) is 5.75 Å². The maximum absolute atomic E-state index is 9.49. The standard InChI is InChI=1S/C11H12N3O2/c1-2-11(16)14-7-10(12-13-14)8-4-3-5-9(15)6-8/h3-7,11,15-16H,1-2H2. The van der Waals surface area contributed by atoms with E-state index in [1.807, 2.05) is 6.07 Å². The zero-order valence-electron chi connectivity index (χ0n) is 8.61. The molecule has 0 bridgehead atoms. The van der Waals surface area contributed by atoms with Crippen molar-refractivity contribution in [1.29, 1.82) is 0 Å². The van der Waals surface area contributed by atoms with Gasteiger partial charge >= 0.3 is 0 Å². The highest BCUT2D eigenvalue weighted by atomic mass is 16.3. The van der Waals surface area contributed by atoms with E-state index in [2.05, 4.69) is 17.2 Å². The molecule has 0 saturated carbocycles. The van der Waals surface area contributed by atoms with Crippen molar-refractivity contribution in [1.82, 2.24) is 15.0 Å². The van der Waals surface area contributed by atoms with Crippen molar-refractivity contribution in [3.63, 3.8) is 0 Å². The molecule has 83 valence electrons. The molecule has 0 aliphatic heterocycles. The molecule has 2 N–H and O–H groups in total. The van der Waals surface area contributed by atoms with E-state index in [9.17, 15) is 10.2 Å². The number of hydrogen-bond acceptors (Lipinski definition) is 4. The Morgan fingerprint density at radius 1 is 1.44 bits per heavy atom. The SMILES string of the molecule is [CH2]CC(O)n1cc(-c2cccc(O)c2)nn1. The van der Waals surface area contributed by atoms with Gasteiger partial charge in [-0.1, -0.05) is 17.3 Å². The van der Waals surface area contributed by atoms with Gasteiger partial charge in [-0.3, -0.25) is 0 Å². The van der Waals surface area contributed by atoms with Crippen molar-refractivity contribution in [2.24, 2.45) is 0 Å². The Bertz CT molecular complexity index is 482. The quantitative estimate of drug-likeness (QED) is 0.816. The molecule has 0 aliphatic carbocycles. The van der Waals surface area contributed by atoms with Gasteiger partial charge in [0.1, 0.15) is 17.7 Å². The van der Waals surface area contributed by atoms with E-state index in [0.717, 1.165) is 5.56 Å². The minimum atomic E-state index is -0.765. The van der Waals surface area contributed by atoms with Gasteiger partial charge in [0.15, 0.2) is 0 Å². The lowest BCUT2D eigenvalue weighted by Crippen LogP contribution is -2.07. The molecule has 1 heterocycles. The van der Waals surface area contributed by atoms with Gasteiger partial charge in [-0.2, -0.15) is 0 Å². The number of benzene rings is 1. The molecule has 0 spiro atoms. The number of hydrogen-bond donors (Lipinski definition) is 2. The van der Waals surface area contributed by atoms with Gasteiger partial charge in [0.25, 0.3) is 0 Å². The van der Waals surface area contributed by atoms with E-state index in [1.54, 1.807) is 24.4 Å². The molecule has 2 rings (SSSR count). The fraction of sp³-hybridized carbons (Fsp3) is 0.182. The highest BCUT2D eigenvalue weighted by Gasteiger charge is 2.08. The second-order valence-corrected chi connectivity index (χ2v) is 3.40. The maximum Gasteiger partial charge on any atom is 0.148 e. The second kappa shape index (κ2) is 4.32. The summed E-state index contributed by atoms with van der Waals surface area (Å²) in [5.41, 5.74) is 1.35. The summed E-state index contributed by atoms with van der Waals surface area (Å²) in [7, 11) is 0. The summed E-state index contributed by atoms with van der Waals surface area (Å²) in [5.74, 6) is 0.171. The Morgan fingerprint density at radius 3 is 2.94 bits per heavy atom. The predicted octanol–water partition coefficient (Wildman–Crippen LogP) is 1.37. The summed E-state index contributed by atoms with van der Waals surface area (Å²) >= 11 is 0. The normalized spacial score (nSPS) is 12.6. The molecule has 0 aliphatic rings. The summed E-state index contributed by atoms with van der Waals surface area (Å²) < 4.78 is 1.34. The van der Waals surface area contributed by atoms with Crippen LogP contribution in [0.4, 0.5) is 0 Å². The maximum atomic E-state index is 9.49. The molecule has 1 aromatic carbocycles. The molecule has 5 nitrogen and oxygen atoms in total. The zero-order chi connectivity index (χ0) is 11.5. The van der Waals surface area contributed by atoms with E-state index in [0.29, 0.717) is 12.1 Å². The Labute approximate surface area is 93.0 Å². The van der Waals surface area contributed by atoms with Gasteiger partial charge in [0.2, 0.25) is 0 Å². The Kier molecular flexibility index (Phi) is 2.87. The minimum absolute atomic E-state index is 0.171. The van der Waals surface area contributed by atoms with Crippen LogP contribution in [-0.2, 0) is 0 Å². The van der Waals surface area contributed by atoms with Crippen molar-refractivity contribution in [3.8, 4) is 17.0 Å². The Morgan fingerprint density at radius 2 is 2.25 bits per heavy atom. The first kappa shape index (κ1) is 10.6. The molecular formula is C11H12N3O2. The molecule has 0 amide bonds. The third-order valence-corrected chi connectivity index (χ3v) is 2.22. The van der Waals surface area contributed by atoms with Gasteiger partial charge in [-0.25, -0.2) is 4.68 Å². The summed E-state index contributed by atoms with van der Waals surface area (Å²) in [6, 6.07) is 6.70. The average molecular weight is 218 g/mol. The van der Waals surface area contributed by atoms with Crippen molar-refractivity contribution in [3.05, 3.63) is 37.4 Å². The average Bonchev–Trinajstić information content (AvgIpc) is 2.77. The van der Waals surface area contributed by atoms with Crippen LogP contribution in [0.15, 0.2) is 30.5 Å². The molecule has 0 fully saturated rings. The molecule has 1 aromatic heterocycles. The second-order valence-electron chi connectivity index (χ2n) is 3.40. The lowest BCUT2D eigenvalue weighted by atomic mass is 10.1. The Hall–Kier alpha value is -1.88. The van der Waals surface area contributed by atoms with E-state index < -0.39 is 6.23 Å². The van der Waals surface area contributed by atoms with Crippen LogP contribution in [-0.4, -0.2) is 25.2 Å². The van der Waals surface area contributed by atoms with Crippen molar-refractivity contribution < 1.29 is 10.2 Å². The van der Waals surface area contributed by atoms with Crippen molar-refractivity contribution >= 4 is 0 Å². The minimum Gasteiger partial charge on any atom is -0.508 e. The van der Waals surface area contributed by atoms with Gasteiger partial charge in [0, 0.05) is 5.56 Å². The van der Waals surface area contributed by atoms with Crippen LogP contribution < -0.4 is 0 Å². The van der Waals surface area contributed by atoms with Gasteiger partial charge in [0.05, 0.1) is 6.20 Å². The first-order chi connectivity index (χ1) is 7.70. The number of aromatic hydroxyl groups is 1. The highest BCUT2D eigenvalue weighted by molar-refractivity contribution is 5.59. The summed E-state index contributed by atoms with van der Waals surface area (Å²) in [5, 5.41) is 26.5. The third kappa shape index (κ3) is 2.04. The molecule has 1 radical (unpaired) electrons. The van der Waals surface area contributed by atoms with E-state index >= 15 is 0 Å². The fourth-order valence-electron chi connectivity index (χ4n) is 1.35. The van der Waals surface area contributed by atoms with Crippen LogP contribution in [0.25, 0.3) is 11.3 Å². The first-order valence-electron chi connectivity index (χ1n) is 4.89. The van der Waals surface area contributed by atoms with Crippen LogP contribution in [0.2, 0.25) is 0 Å². The monoisotopic (exact) mass is 218 g/mol. The number of phenolic OH excluding ortho intramolecular Hbond substituents is 1. The van der Waals surface area contributed by atoms with Crippen molar-refractivity contribution in [2.75, 3.05) is 0 Å². The molecule has 2 aromatic rings. The zero-order valence-corrected chi connectivity index (χ0v) is 8.61. The number of aromatic nitrogens is 3. The topological polar surface area (TPSA) is 71.2 Å². The van der Waals surface area contributed by atoms with Gasteiger partial charge in [-0.15, -0.1) is 5.10 Å². The molecule has 5 heteroatoms. The smallest absolute Gasteiger partial charge is 0.148 e. The summed E-state index contributed by atoms with van der Waals surface area (Å²) in [6.45, 7) is 3.58. The number of aliphatic hydroxyl groups excluding tert-OH is 1. The van der Waals surface area contributed by atoms with Gasteiger partial charge in [-0.05, 0) is 25.5 Å². The number of aliphatic hydroxyl groups is 1. The molecule has 1 unspecified atom stereocenters. The predicted molar refractivity (Wildman–Crippen MR) is 58.4 cm³/mol. The lowest BCUT2D eigenvalue weighted by Gasteiger charge is -2.04. The summed E-state index contributed by atoms with van der Waals surface area (Å²) in [6.07, 6.45) is 1.17. The van der Waals surface area contributed by atoms with Crippen molar-refractivity contribution in [2.45, 2.75) is 12.6 Å². The number of rotatable bonds is 3. The molecule has 16 heavy (non-hydrogen) atoms. The molecule has 0 saturated heterocycles. The summed E-state index contributed by atoms with van der Waals surface area (Å²) in [4.78, 5) is 0. The van der Waals surface area contributed by atoms with Crippen LogP contribution in [0.3, 0.4) is 0 Å². The lowest BCUT2D eigenvalue weighted by molar-refractivity contribution is 0.0910. The third-order valence-electron chi connectivity index (χ3n) is 2.22. The molecule has 1 atom stereocenters. The number of nitrogens with zero attached hydrogens (tertiary/aromatic N) is 3. The van der Waals surface area contributed by atoms with Crippen LogP contribution >= 0.6 is 0 Å². The Balaban J connectivity index is 2.31. The largest absolute Gasteiger partial charge is 0.508 e. The van der Waals surface area contributed by atoms with E-state index in [4.69, 9.17) is 0 Å². The molecular weight excluding hydrogens is 206 g/mol. The van der Waals surface area contributed by atoms with E-state index in [1.165, 1.54) is 4.68 Å².